The number of nitrogens with zero attached hydrogens (tertiary/aromatic N) is 6. The van der Waals surface area contributed by atoms with Gasteiger partial charge >= 0.3 is 0 Å². The fourth-order valence-electron chi connectivity index (χ4n) is 6.00. The predicted molar refractivity (Wildman–Crippen MR) is 146 cm³/mol. The van der Waals surface area contributed by atoms with Gasteiger partial charge in [0.25, 0.3) is 5.91 Å². The molecule has 2 bridgehead atoms. The molecule has 4 N–H and O–H groups in total. The second kappa shape index (κ2) is 11.1. The van der Waals surface area contributed by atoms with Crippen molar-refractivity contribution in [1.29, 1.82) is 0 Å². The molecule has 5 rings (SSSR count). The Kier molecular flexibility index (Phi) is 7.66. The summed E-state index contributed by atoms with van der Waals surface area (Å²) in [6, 6.07) is 5.97. The van der Waals surface area contributed by atoms with E-state index in [1.54, 1.807) is 13.3 Å². The largest absolute Gasteiger partial charge is 0.496 e. The summed E-state index contributed by atoms with van der Waals surface area (Å²) in [7, 11) is 3.74. The van der Waals surface area contributed by atoms with Gasteiger partial charge in [-0.05, 0) is 44.4 Å². The number of carbonyl (C=O) groups is 1. The van der Waals surface area contributed by atoms with E-state index in [1.165, 1.54) is 0 Å². The molecule has 1 amide bonds. The summed E-state index contributed by atoms with van der Waals surface area (Å²) in [4.78, 5) is 26.6. The van der Waals surface area contributed by atoms with Crippen molar-refractivity contribution in [2.24, 2.45) is 5.92 Å². The Morgan fingerprint density at radius 3 is 2.87 bits per heavy atom. The van der Waals surface area contributed by atoms with Crippen LogP contribution in [0.15, 0.2) is 24.4 Å². The SMILES string of the molecule is CCCC(CCO)Nc1nc(N)nc2cnn(Cc3ccc(C(=O)N4CC5C[C@@H]4CN(C)C5)cc3OC)c12. The molecule has 38 heavy (non-hydrogen) atoms. The molecule has 204 valence electrons. The number of aliphatic hydroxyl groups excluding tert-OH is 1. The van der Waals surface area contributed by atoms with E-state index in [0.717, 1.165) is 50.0 Å². The van der Waals surface area contributed by atoms with Crippen LogP contribution < -0.4 is 15.8 Å². The number of hydrogen-bond acceptors (Lipinski definition) is 9. The molecule has 11 nitrogen and oxygen atoms in total. The van der Waals surface area contributed by atoms with Crippen LogP contribution >= 0.6 is 0 Å². The summed E-state index contributed by atoms with van der Waals surface area (Å²) in [5.41, 5.74) is 8.87. The summed E-state index contributed by atoms with van der Waals surface area (Å²) < 4.78 is 7.54. The maximum Gasteiger partial charge on any atom is 0.254 e. The zero-order valence-corrected chi connectivity index (χ0v) is 22.4. The number of anilines is 2. The number of rotatable bonds is 10. The number of nitrogens with one attached hydrogen (secondary N) is 1. The van der Waals surface area contributed by atoms with Gasteiger partial charge in [-0.25, -0.2) is 4.98 Å². The van der Waals surface area contributed by atoms with E-state index >= 15 is 0 Å². The fourth-order valence-corrected chi connectivity index (χ4v) is 6.00. The van der Waals surface area contributed by atoms with Gasteiger partial charge in [-0.2, -0.15) is 10.1 Å². The Morgan fingerprint density at radius 2 is 2.11 bits per heavy atom. The minimum atomic E-state index is 0.0514. The van der Waals surface area contributed by atoms with Crippen molar-refractivity contribution >= 4 is 28.7 Å². The molecule has 0 spiro atoms. The smallest absolute Gasteiger partial charge is 0.254 e. The predicted octanol–water partition coefficient (Wildman–Crippen LogP) is 2.20. The minimum Gasteiger partial charge on any atom is -0.496 e. The van der Waals surface area contributed by atoms with Crippen molar-refractivity contribution in [2.45, 2.75) is 51.2 Å². The van der Waals surface area contributed by atoms with Gasteiger partial charge in [0, 0.05) is 49.5 Å². The molecular formula is C27H38N8O3. The van der Waals surface area contributed by atoms with Crippen LogP contribution in [0.4, 0.5) is 11.8 Å². The van der Waals surface area contributed by atoms with Crippen molar-refractivity contribution in [3.8, 4) is 5.75 Å². The lowest BCUT2D eigenvalue weighted by atomic mass is 10.0. The number of ether oxygens (including phenoxy) is 1. The van der Waals surface area contributed by atoms with E-state index < -0.39 is 0 Å². The zero-order chi connectivity index (χ0) is 26.8. The summed E-state index contributed by atoms with van der Waals surface area (Å²) in [6.45, 7) is 5.37. The van der Waals surface area contributed by atoms with E-state index in [-0.39, 0.29) is 30.5 Å². The molecule has 1 aromatic carbocycles. The fraction of sp³-hybridized carbons (Fsp3) is 0.556. The molecule has 2 unspecified atom stereocenters. The molecule has 0 radical (unpaired) electrons. The Morgan fingerprint density at radius 1 is 1.26 bits per heavy atom. The average molecular weight is 523 g/mol. The number of nitrogens with two attached hydrogens (primary N) is 1. The third kappa shape index (κ3) is 5.25. The molecule has 2 aliphatic heterocycles. The average Bonchev–Trinajstić information content (AvgIpc) is 3.43. The molecule has 11 heteroatoms. The lowest BCUT2D eigenvalue weighted by Crippen LogP contribution is -2.42. The second-order valence-corrected chi connectivity index (χ2v) is 10.6. The quantitative estimate of drug-likeness (QED) is 0.366. The molecule has 2 fully saturated rings. The number of hydrogen-bond donors (Lipinski definition) is 3. The van der Waals surface area contributed by atoms with Crippen LogP contribution in [0.25, 0.3) is 11.0 Å². The summed E-state index contributed by atoms with van der Waals surface area (Å²) in [5.74, 6) is 1.99. The third-order valence-corrected chi connectivity index (χ3v) is 7.67. The van der Waals surface area contributed by atoms with Crippen molar-refractivity contribution in [1.82, 2.24) is 29.5 Å². The first-order valence-electron chi connectivity index (χ1n) is 13.4. The van der Waals surface area contributed by atoms with Crippen LogP contribution in [-0.4, -0.2) is 93.0 Å². The highest BCUT2D eigenvalue weighted by molar-refractivity contribution is 5.95. The number of methoxy groups -OCH3 is 1. The molecule has 2 aromatic heterocycles. The standard InChI is InChI=1S/C27H38N8O3/c1-4-5-20(8-9-36)30-25-24-22(31-27(28)32-25)12-29-35(24)15-19-7-6-18(11-23(19)38-3)26(37)34-14-17-10-21(34)16-33(2)13-17/h6-7,11-12,17,20-21,36H,4-5,8-10,13-16H2,1-3H3,(H3,28,30,31,32)/t17?,20?,21-/m1/s1. The maximum atomic E-state index is 13.4. The monoisotopic (exact) mass is 522 g/mol. The van der Waals surface area contributed by atoms with Crippen LogP contribution in [-0.2, 0) is 6.54 Å². The number of amides is 1. The van der Waals surface area contributed by atoms with Gasteiger partial charge in [-0.3, -0.25) is 9.48 Å². The lowest BCUT2D eigenvalue weighted by molar-refractivity contribution is 0.0722. The first-order chi connectivity index (χ1) is 18.4. The van der Waals surface area contributed by atoms with Gasteiger partial charge in [-0.1, -0.05) is 19.4 Å². The first kappa shape index (κ1) is 26.2. The van der Waals surface area contributed by atoms with E-state index in [4.69, 9.17) is 10.5 Å². The van der Waals surface area contributed by atoms with Crippen molar-refractivity contribution < 1.29 is 14.6 Å². The molecular weight excluding hydrogens is 484 g/mol. The molecule has 4 heterocycles. The number of likely N-dealkylation sites (tertiary alicyclic amines) is 2. The van der Waals surface area contributed by atoms with Gasteiger partial charge in [0.05, 0.1) is 19.9 Å². The van der Waals surface area contributed by atoms with Crippen LogP contribution in [0.5, 0.6) is 5.75 Å². The summed E-state index contributed by atoms with van der Waals surface area (Å²) in [5, 5.41) is 17.5. The topological polar surface area (TPSA) is 135 Å². The highest BCUT2D eigenvalue weighted by Gasteiger charge is 2.40. The molecule has 0 aliphatic carbocycles. The highest BCUT2D eigenvalue weighted by Crippen LogP contribution is 2.32. The van der Waals surface area contributed by atoms with Crippen molar-refractivity contribution in [3.63, 3.8) is 0 Å². The number of nitrogen functional groups attached to an aromatic ring is 1. The Balaban J connectivity index is 1.41. The highest BCUT2D eigenvalue weighted by atomic mass is 16.5. The Hall–Kier alpha value is -3.44. The van der Waals surface area contributed by atoms with E-state index in [1.807, 2.05) is 27.8 Å². The number of likely N-dealkylation sites (N-methyl/N-ethyl adjacent to an activating group) is 1. The van der Waals surface area contributed by atoms with Gasteiger partial charge in [-0.15, -0.1) is 0 Å². The molecule has 3 aromatic rings. The van der Waals surface area contributed by atoms with Gasteiger partial charge in [0.1, 0.15) is 16.8 Å². The number of benzene rings is 1. The molecule has 2 saturated heterocycles. The van der Waals surface area contributed by atoms with Crippen molar-refractivity contribution in [3.05, 3.63) is 35.5 Å². The van der Waals surface area contributed by atoms with Gasteiger partial charge < -0.3 is 30.7 Å². The van der Waals surface area contributed by atoms with E-state index in [0.29, 0.717) is 41.5 Å². The number of carbonyl (C=O) groups excluding carboxylic acids is 1. The van der Waals surface area contributed by atoms with E-state index in [2.05, 4.69) is 39.3 Å². The Labute approximate surface area is 223 Å². The first-order valence-corrected chi connectivity index (χ1v) is 13.4. The van der Waals surface area contributed by atoms with Crippen LogP contribution in [0.3, 0.4) is 0 Å². The summed E-state index contributed by atoms with van der Waals surface area (Å²) >= 11 is 0. The van der Waals surface area contributed by atoms with Gasteiger partial charge in [0.15, 0.2) is 5.82 Å². The normalized spacial score (nSPS) is 20.2. The number of fused-ring (bicyclic) bond motifs is 3. The summed E-state index contributed by atoms with van der Waals surface area (Å²) in [6.07, 6.45) is 5.21. The van der Waals surface area contributed by atoms with E-state index in [9.17, 15) is 9.90 Å². The van der Waals surface area contributed by atoms with Crippen LogP contribution in [0, 0.1) is 5.92 Å². The zero-order valence-electron chi connectivity index (χ0n) is 22.4. The molecule has 2 aliphatic rings. The van der Waals surface area contributed by atoms with Crippen LogP contribution in [0.1, 0.15) is 48.5 Å². The number of piperidine rings is 1. The third-order valence-electron chi connectivity index (χ3n) is 7.67. The lowest BCUT2D eigenvalue weighted by Gasteiger charge is -2.30. The van der Waals surface area contributed by atoms with Gasteiger partial charge in [0.2, 0.25) is 5.95 Å². The molecule has 0 saturated carbocycles. The minimum absolute atomic E-state index is 0.0514. The second-order valence-electron chi connectivity index (χ2n) is 10.6. The number of aromatic nitrogens is 4. The Bertz CT molecular complexity index is 1290. The van der Waals surface area contributed by atoms with Crippen LogP contribution in [0.2, 0.25) is 0 Å². The molecule has 3 atom stereocenters. The van der Waals surface area contributed by atoms with Crippen molar-refractivity contribution in [2.75, 3.05) is 51.4 Å². The maximum absolute atomic E-state index is 13.4. The number of aliphatic hydroxyl groups is 1.